The molecule has 0 heterocycles. The van der Waals surface area contributed by atoms with Crippen LogP contribution in [-0.2, 0) is 4.79 Å². The van der Waals surface area contributed by atoms with Gasteiger partial charge in [-0.3, -0.25) is 0 Å². The molecule has 7 heteroatoms. The largest absolute Gasteiger partial charge is 0.497 e. The Hall–Kier alpha value is -1.86. The monoisotopic (exact) mass is 284 g/mol. The SMILES string of the molecule is CNC(=S)NC(C(=O)O)C(O)c1ccc(OC)cc1. The van der Waals surface area contributed by atoms with Gasteiger partial charge in [-0.2, -0.15) is 0 Å². The molecular weight excluding hydrogens is 268 g/mol. The van der Waals surface area contributed by atoms with Crippen LogP contribution in [0.5, 0.6) is 5.75 Å². The topological polar surface area (TPSA) is 90.8 Å². The van der Waals surface area contributed by atoms with E-state index in [1.807, 2.05) is 0 Å². The minimum Gasteiger partial charge on any atom is -0.497 e. The molecule has 0 bridgehead atoms. The molecule has 0 aromatic heterocycles. The minimum absolute atomic E-state index is 0.153. The molecule has 1 aromatic carbocycles. The van der Waals surface area contributed by atoms with Gasteiger partial charge in [-0.1, -0.05) is 12.1 Å². The van der Waals surface area contributed by atoms with Gasteiger partial charge in [0, 0.05) is 7.05 Å². The van der Waals surface area contributed by atoms with Crippen molar-refractivity contribution in [3.05, 3.63) is 29.8 Å². The standard InChI is InChI=1S/C12H16N2O4S/c1-13-12(19)14-9(11(16)17)10(15)7-3-5-8(18-2)6-4-7/h3-6,9-10,15H,1-2H3,(H,16,17)(H2,13,14,19). The predicted octanol–water partition coefficient (Wildman–Crippen LogP) is 0.276. The lowest BCUT2D eigenvalue weighted by molar-refractivity contribution is -0.142. The van der Waals surface area contributed by atoms with Crippen molar-refractivity contribution in [3.63, 3.8) is 0 Å². The van der Waals surface area contributed by atoms with Gasteiger partial charge in [-0.05, 0) is 29.9 Å². The number of carbonyl (C=O) groups is 1. The smallest absolute Gasteiger partial charge is 0.329 e. The van der Waals surface area contributed by atoms with Crippen LogP contribution in [0.1, 0.15) is 11.7 Å². The van der Waals surface area contributed by atoms with Crippen LogP contribution in [0.3, 0.4) is 0 Å². The Morgan fingerprint density at radius 3 is 2.37 bits per heavy atom. The number of aliphatic carboxylic acids is 1. The van der Waals surface area contributed by atoms with Crippen LogP contribution < -0.4 is 15.4 Å². The molecular formula is C12H16N2O4S. The minimum atomic E-state index is -1.23. The summed E-state index contributed by atoms with van der Waals surface area (Å²) >= 11 is 4.84. The van der Waals surface area contributed by atoms with Crippen LogP contribution in [-0.4, -0.2) is 41.5 Å². The van der Waals surface area contributed by atoms with Gasteiger partial charge in [-0.15, -0.1) is 0 Å². The van der Waals surface area contributed by atoms with Gasteiger partial charge in [0.15, 0.2) is 11.2 Å². The number of rotatable bonds is 5. The van der Waals surface area contributed by atoms with E-state index in [2.05, 4.69) is 10.6 Å². The number of methoxy groups -OCH3 is 1. The first kappa shape index (κ1) is 15.2. The molecule has 1 aromatic rings. The first-order valence-corrected chi connectivity index (χ1v) is 5.93. The molecule has 0 amide bonds. The van der Waals surface area contributed by atoms with Crippen LogP contribution in [0.25, 0.3) is 0 Å². The molecule has 0 saturated carbocycles. The summed E-state index contributed by atoms with van der Waals surface area (Å²) in [6, 6.07) is 5.27. The number of ether oxygens (including phenoxy) is 1. The molecule has 6 nitrogen and oxygen atoms in total. The average molecular weight is 284 g/mol. The van der Waals surface area contributed by atoms with Gasteiger partial charge in [0.25, 0.3) is 0 Å². The van der Waals surface area contributed by atoms with Crippen molar-refractivity contribution in [2.75, 3.05) is 14.2 Å². The number of carboxylic acids is 1. The first-order chi connectivity index (χ1) is 8.99. The van der Waals surface area contributed by atoms with E-state index in [9.17, 15) is 9.90 Å². The lowest BCUT2D eigenvalue weighted by Gasteiger charge is -2.22. The van der Waals surface area contributed by atoms with Crippen LogP contribution in [0.2, 0.25) is 0 Å². The van der Waals surface area contributed by atoms with Crippen molar-refractivity contribution in [1.29, 1.82) is 0 Å². The number of carboxylic acid groups (broad SMARTS) is 1. The fourth-order valence-electron chi connectivity index (χ4n) is 1.48. The molecule has 2 unspecified atom stereocenters. The lowest BCUT2D eigenvalue weighted by Crippen LogP contribution is -2.48. The van der Waals surface area contributed by atoms with Gasteiger partial charge >= 0.3 is 5.97 Å². The van der Waals surface area contributed by atoms with Gasteiger partial charge < -0.3 is 25.6 Å². The molecule has 0 fully saturated rings. The van der Waals surface area contributed by atoms with E-state index in [4.69, 9.17) is 22.1 Å². The molecule has 0 saturated heterocycles. The summed E-state index contributed by atoms with van der Waals surface area (Å²) in [5.41, 5.74) is 0.458. The van der Waals surface area contributed by atoms with Gasteiger partial charge in [-0.25, -0.2) is 4.79 Å². The van der Waals surface area contributed by atoms with Crippen molar-refractivity contribution < 1.29 is 19.7 Å². The van der Waals surface area contributed by atoms with Gasteiger partial charge in [0.05, 0.1) is 7.11 Å². The predicted molar refractivity (Wildman–Crippen MR) is 74.2 cm³/mol. The number of nitrogens with one attached hydrogen (secondary N) is 2. The summed E-state index contributed by atoms with van der Waals surface area (Å²) < 4.78 is 4.99. The molecule has 0 aliphatic carbocycles. The third-order valence-corrected chi connectivity index (χ3v) is 2.87. The number of benzene rings is 1. The highest BCUT2D eigenvalue weighted by atomic mass is 32.1. The fraction of sp³-hybridized carbons (Fsp3) is 0.333. The van der Waals surface area contributed by atoms with Crippen LogP contribution >= 0.6 is 12.2 Å². The Morgan fingerprint density at radius 1 is 1.37 bits per heavy atom. The van der Waals surface area contributed by atoms with E-state index in [0.717, 1.165) is 0 Å². The zero-order valence-electron chi connectivity index (χ0n) is 10.6. The van der Waals surface area contributed by atoms with E-state index < -0.39 is 18.1 Å². The zero-order valence-corrected chi connectivity index (χ0v) is 11.4. The Morgan fingerprint density at radius 2 is 1.95 bits per heavy atom. The maximum atomic E-state index is 11.2. The van der Waals surface area contributed by atoms with Crippen molar-refractivity contribution in [2.45, 2.75) is 12.1 Å². The molecule has 0 aliphatic heterocycles. The van der Waals surface area contributed by atoms with Crippen molar-refractivity contribution in [3.8, 4) is 5.75 Å². The van der Waals surface area contributed by atoms with Crippen LogP contribution in [0, 0.1) is 0 Å². The maximum Gasteiger partial charge on any atom is 0.329 e. The molecule has 19 heavy (non-hydrogen) atoms. The number of thiocarbonyl (C=S) groups is 1. The molecule has 0 radical (unpaired) electrons. The Kier molecular flexibility index (Phi) is 5.53. The summed E-state index contributed by atoms with van der Waals surface area (Å²) in [5.74, 6) is -0.567. The van der Waals surface area contributed by atoms with Gasteiger partial charge in [0.2, 0.25) is 0 Å². The van der Waals surface area contributed by atoms with E-state index in [1.165, 1.54) is 7.11 Å². The first-order valence-electron chi connectivity index (χ1n) is 5.52. The van der Waals surface area contributed by atoms with E-state index >= 15 is 0 Å². The van der Waals surface area contributed by atoms with E-state index in [1.54, 1.807) is 31.3 Å². The summed E-state index contributed by atoms with van der Waals surface area (Å²) in [5, 5.41) is 24.5. The maximum absolute atomic E-state index is 11.2. The summed E-state index contributed by atoms with van der Waals surface area (Å²) in [7, 11) is 3.09. The summed E-state index contributed by atoms with van der Waals surface area (Å²) in [6.45, 7) is 0. The second-order valence-electron chi connectivity index (χ2n) is 3.76. The van der Waals surface area contributed by atoms with E-state index in [0.29, 0.717) is 11.3 Å². The average Bonchev–Trinajstić information content (AvgIpc) is 2.43. The second-order valence-corrected chi connectivity index (χ2v) is 4.17. The zero-order chi connectivity index (χ0) is 14.4. The third kappa shape index (κ3) is 4.08. The number of aliphatic hydroxyl groups is 1. The number of hydrogen-bond acceptors (Lipinski definition) is 4. The molecule has 4 N–H and O–H groups in total. The highest BCUT2D eigenvalue weighted by molar-refractivity contribution is 7.80. The normalized spacial score (nSPS) is 13.2. The highest BCUT2D eigenvalue weighted by Gasteiger charge is 2.28. The van der Waals surface area contributed by atoms with Crippen LogP contribution in [0.4, 0.5) is 0 Å². The van der Waals surface area contributed by atoms with E-state index in [-0.39, 0.29) is 5.11 Å². The fourth-order valence-corrected chi connectivity index (χ4v) is 1.61. The Bertz CT molecular complexity index is 450. The highest BCUT2D eigenvalue weighted by Crippen LogP contribution is 2.20. The Labute approximate surface area is 116 Å². The number of hydrogen-bond donors (Lipinski definition) is 4. The summed E-state index contributed by atoms with van der Waals surface area (Å²) in [4.78, 5) is 11.2. The molecule has 0 spiro atoms. The quantitative estimate of drug-likeness (QED) is 0.577. The molecule has 0 aliphatic rings. The second kappa shape index (κ2) is 6.91. The molecule has 1 rings (SSSR count). The van der Waals surface area contributed by atoms with Crippen molar-refractivity contribution in [2.24, 2.45) is 0 Å². The van der Waals surface area contributed by atoms with Gasteiger partial charge in [0.1, 0.15) is 11.9 Å². The van der Waals surface area contributed by atoms with Crippen molar-refractivity contribution >= 4 is 23.3 Å². The summed E-state index contributed by atoms with van der Waals surface area (Å²) in [6.07, 6.45) is -1.23. The third-order valence-electron chi connectivity index (χ3n) is 2.55. The van der Waals surface area contributed by atoms with Crippen molar-refractivity contribution in [1.82, 2.24) is 10.6 Å². The molecule has 104 valence electrons. The molecule has 2 atom stereocenters. The lowest BCUT2D eigenvalue weighted by atomic mass is 10.0. The Balaban J connectivity index is 2.88. The number of aliphatic hydroxyl groups excluding tert-OH is 1. The van der Waals surface area contributed by atoms with Crippen LogP contribution in [0.15, 0.2) is 24.3 Å².